The lowest BCUT2D eigenvalue weighted by Gasteiger charge is -2.13. The van der Waals surface area contributed by atoms with E-state index in [2.05, 4.69) is 10.1 Å². The van der Waals surface area contributed by atoms with E-state index in [9.17, 15) is 9.59 Å². The van der Waals surface area contributed by atoms with Crippen LogP contribution < -0.4 is 0 Å². The van der Waals surface area contributed by atoms with Crippen LogP contribution in [0.2, 0.25) is 0 Å². The zero-order valence-electron chi connectivity index (χ0n) is 16.3. The molecule has 0 unspecified atom stereocenters. The highest BCUT2D eigenvalue weighted by atomic mass is 16.5. The molecule has 1 aromatic heterocycles. The van der Waals surface area contributed by atoms with Crippen molar-refractivity contribution in [3.8, 4) is 0 Å². The van der Waals surface area contributed by atoms with Gasteiger partial charge in [-0.05, 0) is 6.42 Å². The van der Waals surface area contributed by atoms with Crippen molar-refractivity contribution in [2.75, 3.05) is 20.8 Å². The Morgan fingerprint density at radius 2 is 1.79 bits per heavy atom. The van der Waals surface area contributed by atoms with E-state index in [-0.39, 0.29) is 12.3 Å². The molecule has 0 saturated carbocycles. The molecule has 3 rings (SSSR count). The van der Waals surface area contributed by atoms with Crippen LogP contribution in [0.25, 0.3) is 0 Å². The van der Waals surface area contributed by atoms with Crippen LogP contribution in [0.1, 0.15) is 23.7 Å². The average Bonchev–Trinajstić information content (AvgIpc) is 2.91. The quantitative estimate of drug-likeness (QED) is 0.581. The molecule has 0 N–H and O–H groups in total. The number of methoxy groups -OCH3 is 2. The van der Waals surface area contributed by atoms with Crippen LogP contribution in [-0.4, -0.2) is 53.9 Å². The largest absolute Gasteiger partial charge is 0.468 e. The number of hydrogen-bond acceptors (Lipinski definition) is 7. The second kappa shape index (κ2) is 8.16. The van der Waals surface area contributed by atoms with E-state index in [1.165, 1.54) is 14.2 Å². The summed E-state index contributed by atoms with van der Waals surface area (Å²) in [6.45, 7) is 2.07. The summed E-state index contributed by atoms with van der Waals surface area (Å²) < 4.78 is 11.2. The van der Waals surface area contributed by atoms with Crippen LogP contribution in [0.5, 0.6) is 0 Å². The molecule has 1 aromatic carbocycles. The van der Waals surface area contributed by atoms with Gasteiger partial charge >= 0.3 is 11.9 Å². The molecule has 2 heterocycles. The van der Waals surface area contributed by atoms with Crippen molar-refractivity contribution in [1.29, 1.82) is 0 Å². The number of hydrogen-bond donors (Lipinski definition) is 0. The van der Waals surface area contributed by atoms with E-state index < -0.39 is 17.9 Å². The van der Waals surface area contributed by atoms with E-state index >= 15 is 0 Å². The number of rotatable bonds is 5. The molecule has 8 nitrogen and oxygen atoms in total. The molecule has 1 aliphatic rings. The Labute approximate surface area is 162 Å². The highest BCUT2D eigenvalue weighted by Crippen LogP contribution is 2.30. The van der Waals surface area contributed by atoms with Crippen molar-refractivity contribution in [2.24, 2.45) is 23.0 Å². The van der Waals surface area contributed by atoms with Gasteiger partial charge in [-0.1, -0.05) is 37.3 Å². The third-order valence-electron chi connectivity index (χ3n) is 4.56. The molecule has 1 aliphatic heterocycles. The minimum absolute atomic E-state index is 0.0664. The first-order valence-electron chi connectivity index (χ1n) is 8.91. The molecule has 0 saturated heterocycles. The van der Waals surface area contributed by atoms with Crippen LogP contribution in [0.3, 0.4) is 0 Å². The second-order valence-corrected chi connectivity index (χ2v) is 6.24. The Bertz CT molecular complexity index is 944. The fraction of sp³-hybridized carbons (Fsp3) is 0.350. The van der Waals surface area contributed by atoms with Crippen LogP contribution in [0.4, 0.5) is 5.82 Å². The van der Waals surface area contributed by atoms with E-state index in [0.717, 1.165) is 22.5 Å². The van der Waals surface area contributed by atoms with E-state index in [1.54, 1.807) is 11.7 Å². The maximum atomic E-state index is 12.3. The zero-order valence-corrected chi connectivity index (χ0v) is 16.3. The van der Waals surface area contributed by atoms with Gasteiger partial charge in [0.25, 0.3) is 0 Å². The number of aryl methyl sites for hydroxylation is 2. The molecule has 0 atom stereocenters. The standard InChI is InChI=1S/C20H22N4O4/c1-5-13-15-17(12-9-7-6-8-10-12)21-11-14(22-18(15)24(2)23-13)16(19(25)27-3)20(26)28-4/h6-10,16H,5,11H2,1-4H3. The molecular weight excluding hydrogens is 360 g/mol. The van der Waals surface area contributed by atoms with Gasteiger partial charge < -0.3 is 9.47 Å². The first-order chi connectivity index (χ1) is 13.5. The molecule has 8 heteroatoms. The summed E-state index contributed by atoms with van der Waals surface area (Å²) in [6, 6.07) is 9.70. The minimum atomic E-state index is -1.28. The molecule has 0 radical (unpaired) electrons. The molecule has 146 valence electrons. The molecule has 0 aliphatic carbocycles. The number of benzene rings is 1. The molecule has 2 aromatic rings. The van der Waals surface area contributed by atoms with Crippen molar-refractivity contribution in [1.82, 2.24) is 9.78 Å². The van der Waals surface area contributed by atoms with E-state index in [0.29, 0.717) is 12.2 Å². The first kappa shape index (κ1) is 19.5. The number of aromatic nitrogens is 2. The Morgan fingerprint density at radius 1 is 1.14 bits per heavy atom. The molecule has 0 fully saturated rings. The fourth-order valence-corrected chi connectivity index (χ4v) is 3.19. The predicted molar refractivity (Wildman–Crippen MR) is 104 cm³/mol. The highest BCUT2D eigenvalue weighted by molar-refractivity contribution is 6.22. The normalized spacial score (nSPS) is 13.3. The maximum absolute atomic E-state index is 12.3. The lowest BCUT2D eigenvalue weighted by molar-refractivity contribution is -0.155. The van der Waals surface area contributed by atoms with Gasteiger partial charge in [0.05, 0.1) is 43.4 Å². The highest BCUT2D eigenvalue weighted by Gasteiger charge is 2.36. The van der Waals surface area contributed by atoms with Gasteiger partial charge in [-0.15, -0.1) is 0 Å². The zero-order chi connectivity index (χ0) is 20.3. The van der Waals surface area contributed by atoms with Gasteiger partial charge in [0.1, 0.15) is 0 Å². The van der Waals surface area contributed by atoms with Gasteiger partial charge in [0.2, 0.25) is 0 Å². The summed E-state index contributed by atoms with van der Waals surface area (Å²) in [4.78, 5) is 33.8. The molecule has 28 heavy (non-hydrogen) atoms. The maximum Gasteiger partial charge on any atom is 0.325 e. The number of fused-ring (bicyclic) bond motifs is 1. The van der Waals surface area contributed by atoms with Crippen molar-refractivity contribution >= 4 is 29.2 Å². The molecule has 0 bridgehead atoms. The van der Waals surface area contributed by atoms with Crippen LogP contribution in [0.15, 0.2) is 40.3 Å². The monoisotopic (exact) mass is 382 g/mol. The molecule has 0 amide bonds. The summed E-state index contributed by atoms with van der Waals surface area (Å²) >= 11 is 0. The van der Waals surface area contributed by atoms with Gasteiger partial charge in [-0.25, -0.2) is 4.99 Å². The summed E-state index contributed by atoms with van der Waals surface area (Å²) in [5, 5.41) is 4.55. The number of carbonyl (C=O) groups is 2. The SMILES string of the molecule is CCc1nn(C)c2c1C(c1ccccc1)=NCC(C(C(=O)OC)C(=O)OC)=N2. The Kier molecular flexibility index (Phi) is 5.67. The lowest BCUT2D eigenvalue weighted by Crippen LogP contribution is -2.35. The topological polar surface area (TPSA) is 95.1 Å². The fourth-order valence-electron chi connectivity index (χ4n) is 3.19. The van der Waals surface area contributed by atoms with Gasteiger partial charge in [-0.2, -0.15) is 5.10 Å². The average molecular weight is 382 g/mol. The number of esters is 2. The molecular formula is C20H22N4O4. The Hall–Kier alpha value is -3.29. The van der Waals surface area contributed by atoms with Gasteiger partial charge in [0.15, 0.2) is 11.7 Å². The predicted octanol–water partition coefficient (Wildman–Crippen LogP) is 1.87. The lowest BCUT2D eigenvalue weighted by atomic mass is 10.0. The van der Waals surface area contributed by atoms with Crippen LogP contribution in [-0.2, 0) is 32.5 Å². The van der Waals surface area contributed by atoms with E-state index in [1.807, 2.05) is 37.3 Å². The Morgan fingerprint density at radius 3 is 2.36 bits per heavy atom. The van der Waals surface area contributed by atoms with Crippen LogP contribution in [0, 0.1) is 5.92 Å². The van der Waals surface area contributed by atoms with Crippen molar-refractivity contribution < 1.29 is 19.1 Å². The van der Waals surface area contributed by atoms with Crippen molar-refractivity contribution in [2.45, 2.75) is 13.3 Å². The van der Waals surface area contributed by atoms with Crippen molar-refractivity contribution in [3.05, 3.63) is 47.2 Å². The van der Waals surface area contributed by atoms with Gasteiger partial charge in [0, 0.05) is 12.6 Å². The summed E-state index contributed by atoms with van der Waals surface area (Å²) in [5.41, 5.74) is 3.55. The van der Waals surface area contributed by atoms with Crippen LogP contribution >= 0.6 is 0 Å². The third-order valence-corrected chi connectivity index (χ3v) is 4.56. The number of ether oxygens (including phenoxy) is 2. The third kappa shape index (κ3) is 3.45. The number of carbonyl (C=O) groups excluding carboxylic acids is 2. The summed E-state index contributed by atoms with van der Waals surface area (Å²) in [5.74, 6) is -2.20. The number of nitrogens with zero attached hydrogens (tertiary/aromatic N) is 4. The van der Waals surface area contributed by atoms with E-state index in [4.69, 9.17) is 14.5 Å². The second-order valence-electron chi connectivity index (χ2n) is 6.24. The van der Waals surface area contributed by atoms with Crippen molar-refractivity contribution in [3.63, 3.8) is 0 Å². The Balaban J connectivity index is 2.21. The van der Waals surface area contributed by atoms with Gasteiger partial charge in [-0.3, -0.25) is 19.3 Å². The summed E-state index contributed by atoms with van der Waals surface area (Å²) in [7, 11) is 4.22. The number of aliphatic imine (C=N–C) groups is 2. The molecule has 0 spiro atoms. The summed E-state index contributed by atoms with van der Waals surface area (Å²) in [6.07, 6.45) is 0.692. The minimum Gasteiger partial charge on any atom is -0.468 e. The smallest absolute Gasteiger partial charge is 0.325 e. The first-order valence-corrected chi connectivity index (χ1v) is 8.91.